The Balaban J connectivity index is 1.92. The molecule has 2 atom stereocenters. The quantitative estimate of drug-likeness (QED) is 0.846. The van der Waals surface area contributed by atoms with Crippen molar-refractivity contribution in [1.82, 2.24) is 0 Å². The number of hydrogen-bond donors (Lipinski definition) is 1. The Morgan fingerprint density at radius 3 is 2.70 bits per heavy atom. The largest absolute Gasteiger partial charge is 0.488 e. The first-order chi connectivity index (χ1) is 9.58. The molecule has 3 rings (SSSR count). The van der Waals surface area contributed by atoms with E-state index in [9.17, 15) is 8.78 Å². The zero-order valence-corrected chi connectivity index (χ0v) is 12.0. The van der Waals surface area contributed by atoms with Crippen LogP contribution in [0.5, 0.6) is 5.75 Å². The van der Waals surface area contributed by atoms with E-state index in [1.807, 2.05) is 24.3 Å². The SMILES string of the molecule is NC(c1c(F)ccc(Br)c1F)C1Cc2ccccc2O1. The van der Waals surface area contributed by atoms with Crippen molar-refractivity contribution < 1.29 is 13.5 Å². The molecule has 0 aliphatic carbocycles. The number of para-hydroxylation sites is 1. The van der Waals surface area contributed by atoms with Gasteiger partial charge in [0.2, 0.25) is 0 Å². The van der Waals surface area contributed by atoms with Gasteiger partial charge in [-0.15, -0.1) is 0 Å². The Morgan fingerprint density at radius 2 is 1.95 bits per heavy atom. The molecular weight excluding hydrogens is 328 g/mol. The number of fused-ring (bicyclic) bond motifs is 1. The summed E-state index contributed by atoms with van der Waals surface area (Å²) < 4.78 is 33.8. The molecule has 2 aromatic carbocycles. The number of hydrogen-bond acceptors (Lipinski definition) is 2. The van der Waals surface area contributed by atoms with Crippen molar-refractivity contribution in [2.24, 2.45) is 5.73 Å². The lowest BCUT2D eigenvalue weighted by Gasteiger charge is -2.21. The van der Waals surface area contributed by atoms with Crippen LogP contribution >= 0.6 is 15.9 Å². The third kappa shape index (κ3) is 2.21. The fraction of sp³-hybridized carbons (Fsp3) is 0.200. The first-order valence-corrected chi connectivity index (χ1v) is 7.00. The Bertz CT molecular complexity index is 637. The van der Waals surface area contributed by atoms with Gasteiger partial charge in [-0.25, -0.2) is 8.78 Å². The maximum absolute atomic E-state index is 14.1. The fourth-order valence-electron chi connectivity index (χ4n) is 2.44. The normalized spacial score (nSPS) is 18.5. The lowest BCUT2D eigenvalue weighted by Crippen LogP contribution is -2.31. The molecule has 0 fully saturated rings. The van der Waals surface area contributed by atoms with Crippen LogP contribution in [0.1, 0.15) is 17.2 Å². The van der Waals surface area contributed by atoms with Crippen molar-refractivity contribution in [3.63, 3.8) is 0 Å². The number of halogens is 3. The molecule has 0 bridgehead atoms. The van der Waals surface area contributed by atoms with Gasteiger partial charge in [-0.3, -0.25) is 0 Å². The van der Waals surface area contributed by atoms with E-state index >= 15 is 0 Å². The second-order valence-electron chi connectivity index (χ2n) is 4.75. The van der Waals surface area contributed by atoms with Crippen LogP contribution in [-0.4, -0.2) is 6.10 Å². The Morgan fingerprint density at radius 1 is 1.20 bits per heavy atom. The standard InChI is InChI=1S/C15H12BrF2NO/c16-9-5-6-10(17)13(14(9)18)15(19)12-7-8-3-1-2-4-11(8)20-12/h1-6,12,15H,7,19H2. The molecule has 104 valence electrons. The predicted octanol–water partition coefficient (Wildman–Crippen LogP) is 3.73. The van der Waals surface area contributed by atoms with Crippen molar-refractivity contribution >= 4 is 15.9 Å². The number of ether oxygens (including phenoxy) is 1. The monoisotopic (exact) mass is 339 g/mol. The van der Waals surface area contributed by atoms with E-state index in [0.717, 1.165) is 11.3 Å². The van der Waals surface area contributed by atoms with Gasteiger partial charge in [0.1, 0.15) is 23.5 Å². The first-order valence-electron chi connectivity index (χ1n) is 6.21. The Labute approximate surface area is 123 Å². The van der Waals surface area contributed by atoms with Crippen molar-refractivity contribution in [2.75, 3.05) is 0 Å². The van der Waals surface area contributed by atoms with Gasteiger partial charge >= 0.3 is 0 Å². The van der Waals surface area contributed by atoms with Crippen LogP contribution in [0.2, 0.25) is 0 Å². The minimum Gasteiger partial charge on any atom is -0.488 e. The van der Waals surface area contributed by atoms with E-state index in [2.05, 4.69) is 15.9 Å². The number of nitrogens with two attached hydrogens (primary N) is 1. The summed E-state index contributed by atoms with van der Waals surface area (Å²) in [6.45, 7) is 0. The van der Waals surface area contributed by atoms with Crippen LogP contribution in [0.15, 0.2) is 40.9 Å². The fourth-order valence-corrected chi connectivity index (χ4v) is 2.79. The zero-order chi connectivity index (χ0) is 14.3. The molecule has 1 heterocycles. The summed E-state index contributed by atoms with van der Waals surface area (Å²) in [6, 6.07) is 9.17. The van der Waals surface area contributed by atoms with Gasteiger partial charge in [0.05, 0.1) is 10.5 Å². The third-order valence-corrected chi connectivity index (χ3v) is 4.10. The molecule has 5 heteroatoms. The molecule has 0 spiro atoms. The summed E-state index contributed by atoms with van der Waals surface area (Å²) >= 11 is 3.05. The minimum absolute atomic E-state index is 0.141. The predicted molar refractivity (Wildman–Crippen MR) is 75.5 cm³/mol. The Hall–Kier alpha value is -1.46. The maximum Gasteiger partial charge on any atom is 0.145 e. The zero-order valence-electron chi connectivity index (χ0n) is 10.4. The second-order valence-corrected chi connectivity index (χ2v) is 5.61. The van der Waals surface area contributed by atoms with E-state index in [0.29, 0.717) is 6.42 Å². The van der Waals surface area contributed by atoms with E-state index in [1.165, 1.54) is 12.1 Å². The smallest absolute Gasteiger partial charge is 0.145 e. The first kappa shape index (κ1) is 13.5. The van der Waals surface area contributed by atoms with Gasteiger partial charge in [-0.05, 0) is 39.7 Å². The summed E-state index contributed by atoms with van der Waals surface area (Å²) in [6.07, 6.45) is 0.0774. The van der Waals surface area contributed by atoms with E-state index < -0.39 is 23.8 Å². The lowest BCUT2D eigenvalue weighted by molar-refractivity contribution is 0.195. The van der Waals surface area contributed by atoms with E-state index in [-0.39, 0.29) is 10.0 Å². The van der Waals surface area contributed by atoms with Crippen molar-refractivity contribution in [3.8, 4) is 5.75 Å². The maximum atomic E-state index is 14.1. The molecule has 0 radical (unpaired) electrons. The molecule has 0 aromatic heterocycles. The molecule has 2 N–H and O–H groups in total. The molecular formula is C15H12BrF2NO. The Kier molecular flexibility index (Phi) is 3.48. The summed E-state index contributed by atoms with van der Waals surface area (Å²) in [7, 11) is 0. The second kappa shape index (κ2) is 5.14. The molecule has 0 saturated heterocycles. The van der Waals surface area contributed by atoms with Gasteiger partial charge in [-0.2, -0.15) is 0 Å². The van der Waals surface area contributed by atoms with Crippen LogP contribution < -0.4 is 10.5 Å². The topological polar surface area (TPSA) is 35.2 Å². The van der Waals surface area contributed by atoms with Crippen molar-refractivity contribution in [2.45, 2.75) is 18.6 Å². The van der Waals surface area contributed by atoms with Gasteiger partial charge in [0.25, 0.3) is 0 Å². The molecule has 2 nitrogen and oxygen atoms in total. The molecule has 20 heavy (non-hydrogen) atoms. The highest BCUT2D eigenvalue weighted by atomic mass is 79.9. The average molecular weight is 340 g/mol. The van der Waals surface area contributed by atoms with Gasteiger partial charge in [0.15, 0.2) is 0 Å². The number of rotatable bonds is 2. The molecule has 1 aliphatic heterocycles. The average Bonchev–Trinajstić information content (AvgIpc) is 2.87. The van der Waals surface area contributed by atoms with Crippen molar-refractivity contribution in [3.05, 3.63) is 63.6 Å². The lowest BCUT2D eigenvalue weighted by atomic mass is 9.97. The van der Waals surface area contributed by atoms with E-state index in [4.69, 9.17) is 10.5 Å². The molecule has 2 aromatic rings. The molecule has 0 saturated carbocycles. The van der Waals surface area contributed by atoms with Crippen molar-refractivity contribution in [1.29, 1.82) is 0 Å². The van der Waals surface area contributed by atoms with Crippen LogP contribution in [0.4, 0.5) is 8.78 Å². The van der Waals surface area contributed by atoms with Crippen LogP contribution in [0.3, 0.4) is 0 Å². The molecule has 1 aliphatic rings. The minimum atomic E-state index is -0.861. The van der Waals surface area contributed by atoms with Crippen LogP contribution in [0, 0.1) is 11.6 Å². The highest BCUT2D eigenvalue weighted by Gasteiger charge is 2.32. The molecule has 2 unspecified atom stereocenters. The summed E-state index contributed by atoms with van der Waals surface area (Å²) in [4.78, 5) is 0. The third-order valence-electron chi connectivity index (χ3n) is 3.49. The summed E-state index contributed by atoms with van der Waals surface area (Å²) in [5.74, 6) is -0.599. The highest BCUT2D eigenvalue weighted by molar-refractivity contribution is 9.10. The molecule has 0 amide bonds. The van der Waals surface area contributed by atoms with Gasteiger partial charge in [0, 0.05) is 12.0 Å². The van der Waals surface area contributed by atoms with Gasteiger partial charge in [-0.1, -0.05) is 18.2 Å². The van der Waals surface area contributed by atoms with Gasteiger partial charge < -0.3 is 10.5 Å². The summed E-state index contributed by atoms with van der Waals surface area (Å²) in [5.41, 5.74) is 6.89. The van der Waals surface area contributed by atoms with Crippen LogP contribution in [0.25, 0.3) is 0 Å². The summed E-state index contributed by atoms with van der Waals surface area (Å²) in [5, 5.41) is 0. The van der Waals surface area contributed by atoms with E-state index in [1.54, 1.807) is 0 Å². The highest BCUT2D eigenvalue weighted by Crippen LogP contribution is 2.35. The van der Waals surface area contributed by atoms with Crippen LogP contribution in [-0.2, 0) is 6.42 Å². The number of benzene rings is 2.